The van der Waals surface area contributed by atoms with Gasteiger partial charge in [0, 0.05) is 38.4 Å². The van der Waals surface area contributed by atoms with Gasteiger partial charge in [0.2, 0.25) is 15.9 Å². The van der Waals surface area contributed by atoms with Gasteiger partial charge in [0.05, 0.1) is 12.0 Å². The summed E-state index contributed by atoms with van der Waals surface area (Å²) >= 11 is 0. The third-order valence-corrected chi connectivity index (χ3v) is 8.37. The van der Waals surface area contributed by atoms with Crippen LogP contribution in [0.5, 0.6) is 5.75 Å². The molecular formula is C25H35ClN4O6S. The van der Waals surface area contributed by atoms with E-state index < -0.39 is 27.9 Å². The molecule has 1 aliphatic rings. The molecule has 2 heterocycles. The van der Waals surface area contributed by atoms with Crippen LogP contribution in [0.3, 0.4) is 0 Å². The standard InChI is InChI=1S/C25H34N4O6S.ClH/c1-3-4-5-23(30)28-16-12-20(13-17-28)24(25(31)27-32)29(18-19-10-14-26-15-11-19)36(33,34)22-8-6-21(35-2)7-9-22;/h6-11,14-15,20,24,32H,3-5,12-13,16-18H2,1-2H3,(H,27,31);1H/t24-;/m1./s1. The number of nitrogens with zero attached hydrogens (tertiary/aromatic N) is 3. The molecule has 0 radical (unpaired) electrons. The van der Waals surface area contributed by atoms with Crippen LogP contribution in [0.4, 0.5) is 0 Å². The van der Waals surface area contributed by atoms with E-state index in [4.69, 9.17) is 4.74 Å². The maximum atomic E-state index is 13.9. The molecule has 2 aromatic rings. The number of amides is 2. The third-order valence-electron chi connectivity index (χ3n) is 6.53. The van der Waals surface area contributed by atoms with E-state index in [-0.39, 0.29) is 29.8 Å². The van der Waals surface area contributed by atoms with Gasteiger partial charge in [0.1, 0.15) is 11.8 Å². The fourth-order valence-corrected chi connectivity index (χ4v) is 6.12. The van der Waals surface area contributed by atoms with E-state index in [1.54, 1.807) is 47.0 Å². The Morgan fingerprint density at radius 1 is 1.16 bits per heavy atom. The fraction of sp³-hybridized carbons (Fsp3) is 0.480. The van der Waals surface area contributed by atoms with Gasteiger partial charge in [0.25, 0.3) is 5.91 Å². The second kappa shape index (κ2) is 14.3. The van der Waals surface area contributed by atoms with Gasteiger partial charge in [-0.1, -0.05) is 13.3 Å². The van der Waals surface area contributed by atoms with Crippen LogP contribution in [0, 0.1) is 5.92 Å². The number of carbonyl (C=O) groups is 2. The molecule has 0 saturated carbocycles. The number of hydroxylamine groups is 1. The second-order valence-corrected chi connectivity index (χ2v) is 10.7. The number of likely N-dealkylation sites (tertiary alicyclic amines) is 1. The van der Waals surface area contributed by atoms with Gasteiger partial charge in [-0.3, -0.25) is 19.8 Å². The molecule has 0 aliphatic carbocycles. The molecule has 0 spiro atoms. The smallest absolute Gasteiger partial charge is 0.262 e. The van der Waals surface area contributed by atoms with Crippen LogP contribution < -0.4 is 10.2 Å². The van der Waals surface area contributed by atoms with Crippen molar-refractivity contribution in [3.63, 3.8) is 0 Å². The highest BCUT2D eigenvalue weighted by atomic mass is 35.5. The Balaban J connectivity index is 0.00000481. The minimum Gasteiger partial charge on any atom is -0.497 e. The molecule has 1 aromatic carbocycles. The fourth-order valence-electron chi connectivity index (χ4n) is 4.48. The van der Waals surface area contributed by atoms with Crippen LogP contribution in [-0.4, -0.2) is 65.9 Å². The van der Waals surface area contributed by atoms with Gasteiger partial charge in [-0.05, 0) is 67.1 Å². The molecule has 37 heavy (non-hydrogen) atoms. The summed E-state index contributed by atoms with van der Waals surface area (Å²) in [7, 11) is -2.68. The monoisotopic (exact) mass is 554 g/mol. The van der Waals surface area contributed by atoms with Crippen molar-refractivity contribution >= 4 is 34.2 Å². The van der Waals surface area contributed by atoms with E-state index in [9.17, 15) is 23.2 Å². The molecular weight excluding hydrogens is 520 g/mol. The number of unbranched alkanes of at least 4 members (excludes halogenated alkanes) is 1. The first-order valence-corrected chi connectivity index (χ1v) is 13.5. The van der Waals surface area contributed by atoms with E-state index >= 15 is 0 Å². The van der Waals surface area contributed by atoms with Crippen molar-refractivity contribution in [3.8, 4) is 5.75 Å². The molecule has 12 heteroatoms. The largest absolute Gasteiger partial charge is 0.497 e. The Bertz CT molecular complexity index is 1110. The highest BCUT2D eigenvalue weighted by molar-refractivity contribution is 7.89. The zero-order chi connectivity index (χ0) is 26.1. The van der Waals surface area contributed by atoms with Crippen molar-refractivity contribution < 1.29 is 28.0 Å². The van der Waals surface area contributed by atoms with Gasteiger partial charge in [-0.2, -0.15) is 4.31 Å². The first-order chi connectivity index (χ1) is 17.3. The minimum absolute atomic E-state index is 0. The normalized spacial score (nSPS) is 15.1. The molecule has 1 aliphatic heterocycles. The number of hydrogen-bond donors (Lipinski definition) is 2. The van der Waals surface area contributed by atoms with Gasteiger partial charge < -0.3 is 9.64 Å². The lowest BCUT2D eigenvalue weighted by Gasteiger charge is -2.39. The molecule has 3 rings (SSSR count). The third kappa shape index (κ3) is 7.64. The summed E-state index contributed by atoms with van der Waals surface area (Å²) in [5.74, 6) is -0.642. The number of benzene rings is 1. The van der Waals surface area contributed by atoms with E-state index in [0.29, 0.717) is 43.7 Å². The van der Waals surface area contributed by atoms with E-state index in [0.717, 1.165) is 17.1 Å². The van der Waals surface area contributed by atoms with Crippen LogP contribution in [0.15, 0.2) is 53.7 Å². The van der Waals surface area contributed by atoms with Gasteiger partial charge >= 0.3 is 0 Å². The highest BCUT2D eigenvalue weighted by Gasteiger charge is 2.42. The number of pyridine rings is 1. The molecule has 1 saturated heterocycles. The number of sulfonamides is 1. The molecule has 0 unspecified atom stereocenters. The average molecular weight is 555 g/mol. The first-order valence-electron chi connectivity index (χ1n) is 12.1. The Hall–Kier alpha value is -2.73. The van der Waals surface area contributed by atoms with Crippen LogP contribution in [-0.2, 0) is 26.2 Å². The van der Waals surface area contributed by atoms with Crippen LogP contribution in [0.2, 0.25) is 0 Å². The molecule has 1 atom stereocenters. The lowest BCUT2D eigenvalue weighted by molar-refractivity contribution is -0.137. The van der Waals surface area contributed by atoms with Crippen LogP contribution in [0.1, 0.15) is 44.6 Å². The number of ether oxygens (including phenoxy) is 1. The number of carbonyl (C=O) groups excluding carboxylic acids is 2. The predicted molar refractivity (Wildman–Crippen MR) is 140 cm³/mol. The maximum Gasteiger partial charge on any atom is 0.262 e. The van der Waals surface area contributed by atoms with Crippen molar-refractivity contribution in [3.05, 3.63) is 54.4 Å². The Morgan fingerprint density at radius 3 is 2.32 bits per heavy atom. The van der Waals surface area contributed by atoms with Crippen molar-refractivity contribution in [2.45, 2.75) is 56.5 Å². The SMILES string of the molecule is CCCCC(=O)N1CCC([C@H](C(=O)NO)N(Cc2ccncc2)S(=O)(=O)c2ccc(OC)cc2)CC1.Cl. The van der Waals surface area contributed by atoms with Gasteiger partial charge in [-0.15, -0.1) is 12.4 Å². The molecule has 204 valence electrons. The number of hydrogen-bond acceptors (Lipinski definition) is 7. The summed E-state index contributed by atoms with van der Waals surface area (Å²) in [4.78, 5) is 31.2. The van der Waals surface area contributed by atoms with Crippen LogP contribution >= 0.6 is 12.4 Å². The number of methoxy groups -OCH3 is 1. The molecule has 1 aromatic heterocycles. The van der Waals surface area contributed by atoms with E-state index in [1.165, 1.54) is 19.2 Å². The molecule has 2 N–H and O–H groups in total. The average Bonchev–Trinajstić information content (AvgIpc) is 2.92. The van der Waals surface area contributed by atoms with E-state index in [1.807, 2.05) is 6.92 Å². The lowest BCUT2D eigenvalue weighted by atomic mass is 9.88. The molecule has 10 nitrogen and oxygen atoms in total. The van der Waals surface area contributed by atoms with E-state index in [2.05, 4.69) is 4.98 Å². The van der Waals surface area contributed by atoms with Crippen molar-refractivity contribution in [1.82, 2.24) is 19.7 Å². The number of nitrogens with one attached hydrogen (secondary N) is 1. The summed E-state index contributed by atoms with van der Waals surface area (Å²) in [6.07, 6.45) is 6.18. The summed E-state index contributed by atoms with van der Waals surface area (Å²) in [5.41, 5.74) is 2.32. The molecule has 1 fully saturated rings. The first kappa shape index (κ1) is 30.5. The van der Waals surface area contributed by atoms with Crippen molar-refractivity contribution in [2.75, 3.05) is 20.2 Å². The predicted octanol–water partition coefficient (Wildman–Crippen LogP) is 3.01. The number of aromatic nitrogens is 1. The van der Waals surface area contributed by atoms with Gasteiger partial charge in [0.15, 0.2) is 0 Å². The Morgan fingerprint density at radius 2 is 1.78 bits per heavy atom. The quantitative estimate of drug-likeness (QED) is 0.322. The second-order valence-electron chi connectivity index (χ2n) is 8.82. The molecule has 2 amide bonds. The summed E-state index contributed by atoms with van der Waals surface area (Å²) in [6, 6.07) is 8.12. The Kier molecular flexibility index (Phi) is 11.8. The number of piperidine rings is 1. The topological polar surface area (TPSA) is 129 Å². The van der Waals surface area contributed by atoms with Gasteiger partial charge in [-0.25, -0.2) is 13.9 Å². The molecule has 0 bridgehead atoms. The number of halogens is 1. The zero-order valence-corrected chi connectivity index (χ0v) is 22.7. The lowest BCUT2D eigenvalue weighted by Crippen LogP contribution is -2.54. The number of rotatable bonds is 11. The van der Waals surface area contributed by atoms with Crippen molar-refractivity contribution in [2.24, 2.45) is 5.92 Å². The Labute approximate surface area is 224 Å². The van der Waals surface area contributed by atoms with Crippen LogP contribution in [0.25, 0.3) is 0 Å². The summed E-state index contributed by atoms with van der Waals surface area (Å²) in [5, 5.41) is 9.58. The zero-order valence-electron chi connectivity index (χ0n) is 21.1. The highest BCUT2D eigenvalue weighted by Crippen LogP contribution is 2.31. The van der Waals surface area contributed by atoms with Crippen molar-refractivity contribution in [1.29, 1.82) is 0 Å². The minimum atomic E-state index is -4.16. The summed E-state index contributed by atoms with van der Waals surface area (Å²) < 4.78 is 34.0. The maximum absolute atomic E-state index is 13.9. The summed E-state index contributed by atoms with van der Waals surface area (Å²) in [6.45, 7) is 2.78.